The number of fused-ring (bicyclic) bond motifs is 1. The molecule has 0 saturated heterocycles. The first-order valence-electron chi connectivity index (χ1n) is 11.0. The van der Waals surface area contributed by atoms with E-state index in [2.05, 4.69) is 4.72 Å². The van der Waals surface area contributed by atoms with Gasteiger partial charge in [-0.1, -0.05) is 18.2 Å². The minimum Gasteiger partial charge on any atom is -0.347 e. The van der Waals surface area contributed by atoms with Gasteiger partial charge in [-0.3, -0.25) is 0 Å². The molecule has 0 bridgehead atoms. The van der Waals surface area contributed by atoms with Gasteiger partial charge in [0.1, 0.15) is 5.82 Å². The molecule has 1 N–H and O–H groups in total. The van der Waals surface area contributed by atoms with Crippen LogP contribution in [-0.2, 0) is 22.7 Å². The maximum Gasteiger partial charge on any atom is 0.417 e. The van der Waals surface area contributed by atoms with E-state index in [1.807, 2.05) is 10.8 Å². The third-order valence-electron chi connectivity index (χ3n) is 6.45. The van der Waals surface area contributed by atoms with Crippen LogP contribution in [0, 0.1) is 11.7 Å². The first kappa shape index (κ1) is 22.4. The zero-order valence-corrected chi connectivity index (χ0v) is 18.8. The van der Waals surface area contributed by atoms with Crippen LogP contribution in [0.25, 0.3) is 22.0 Å². The van der Waals surface area contributed by atoms with Gasteiger partial charge in [-0.25, -0.2) is 17.5 Å². The zero-order chi connectivity index (χ0) is 23.5. The molecule has 176 valence electrons. The number of nitrogens with one attached hydrogen (secondary N) is 1. The summed E-state index contributed by atoms with van der Waals surface area (Å²) in [5.41, 5.74) is -0.0162. The monoisotopic (exact) mass is 480 g/mol. The van der Waals surface area contributed by atoms with Crippen molar-refractivity contribution in [3.05, 3.63) is 59.5 Å². The Morgan fingerprint density at radius 1 is 1.09 bits per heavy atom. The lowest BCUT2D eigenvalue weighted by atomic mass is 9.97. The predicted octanol–water partition coefficient (Wildman–Crippen LogP) is 6.02. The summed E-state index contributed by atoms with van der Waals surface area (Å²) in [7, 11) is -3.47. The average molecular weight is 481 g/mol. The molecule has 0 spiro atoms. The molecule has 2 saturated carbocycles. The van der Waals surface area contributed by atoms with E-state index in [9.17, 15) is 21.6 Å². The van der Waals surface area contributed by atoms with Crippen LogP contribution >= 0.6 is 0 Å². The zero-order valence-electron chi connectivity index (χ0n) is 18.0. The van der Waals surface area contributed by atoms with Crippen molar-refractivity contribution in [1.29, 1.82) is 0 Å². The minimum absolute atomic E-state index is 0.122. The van der Waals surface area contributed by atoms with E-state index in [1.54, 1.807) is 6.92 Å². The summed E-state index contributed by atoms with van der Waals surface area (Å²) in [6.07, 6.45) is 0.564. The fraction of sp³-hybridized carbons (Fsp3) is 0.417. The van der Waals surface area contributed by atoms with E-state index in [4.69, 9.17) is 0 Å². The molecule has 0 aliphatic heterocycles. The molecule has 3 aromatic rings. The van der Waals surface area contributed by atoms with Crippen molar-refractivity contribution in [2.24, 2.45) is 5.92 Å². The number of benzene rings is 2. The Morgan fingerprint density at radius 3 is 2.42 bits per heavy atom. The van der Waals surface area contributed by atoms with E-state index >= 15 is 4.39 Å². The molecule has 2 fully saturated rings. The Balaban J connectivity index is 1.63. The van der Waals surface area contributed by atoms with Gasteiger partial charge in [-0.15, -0.1) is 0 Å². The molecule has 0 amide bonds. The fourth-order valence-corrected chi connectivity index (χ4v) is 5.94. The van der Waals surface area contributed by atoms with Gasteiger partial charge < -0.3 is 4.57 Å². The largest absolute Gasteiger partial charge is 0.417 e. The summed E-state index contributed by atoms with van der Waals surface area (Å²) >= 11 is 0. The summed E-state index contributed by atoms with van der Waals surface area (Å²) in [5, 5.41) is 0.120. The highest BCUT2D eigenvalue weighted by molar-refractivity contribution is 7.90. The van der Waals surface area contributed by atoms with Crippen LogP contribution in [0.15, 0.2) is 42.6 Å². The van der Waals surface area contributed by atoms with Crippen molar-refractivity contribution in [2.75, 3.05) is 0 Å². The van der Waals surface area contributed by atoms with Crippen molar-refractivity contribution in [2.45, 2.75) is 56.6 Å². The average Bonchev–Trinajstić information content (AvgIpc) is 3.64. The Bertz CT molecular complexity index is 1320. The van der Waals surface area contributed by atoms with E-state index in [0.29, 0.717) is 41.8 Å². The molecule has 1 heterocycles. The highest BCUT2D eigenvalue weighted by atomic mass is 32.2. The van der Waals surface area contributed by atoms with Crippen molar-refractivity contribution in [1.82, 2.24) is 9.29 Å². The van der Waals surface area contributed by atoms with Gasteiger partial charge in [0.15, 0.2) is 0 Å². The molecule has 0 radical (unpaired) electrons. The number of aromatic nitrogens is 1. The normalized spacial score (nSPS) is 18.1. The number of hydrogen-bond acceptors (Lipinski definition) is 2. The molecule has 1 aromatic heterocycles. The van der Waals surface area contributed by atoms with Gasteiger partial charge in [0.05, 0.1) is 10.8 Å². The first-order valence-corrected chi connectivity index (χ1v) is 12.6. The van der Waals surface area contributed by atoms with E-state index in [-0.39, 0.29) is 16.4 Å². The first-order chi connectivity index (χ1) is 15.5. The fourth-order valence-electron chi connectivity index (χ4n) is 4.37. The molecule has 2 aromatic carbocycles. The van der Waals surface area contributed by atoms with Gasteiger partial charge in [0.25, 0.3) is 0 Å². The predicted molar refractivity (Wildman–Crippen MR) is 119 cm³/mol. The second-order valence-corrected chi connectivity index (χ2v) is 11.1. The number of halogens is 4. The van der Waals surface area contributed by atoms with Gasteiger partial charge in [0.2, 0.25) is 10.0 Å². The molecule has 5 rings (SSSR count). The molecule has 4 nitrogen and oxygen atoms in total. The molecule has 2 aliphatic rings. The summed E-state index contributed by atoms with van der Waals surface area (Å²) < 4.78 is 85.5. The van der Waals surface area contributed by atoms with E-state index in [1.165, 1.54) is 30.3 Å². The lowest BCUT2D eigenvalue weighted by Crippen LogP contribution is -2.29. The van der Waals surface area contributed by atoms with Gasteiger partial charge >= 0.3 is 6.18 Å². The molecular weight excluding hydrogens is 456 g/mol. The molecular formula is C24H24F4N2O2S. The molecule has 2 aliphatic carbocycles. The van der Waals surface area contributed by atoms with Crippen LogP contribution in [0.5, 0.6) is 0 Å². The number of sulfonamides is 1. The molecule has 0 unspecified atom stereocenters. The van der Waals surface area contributed by atoms with E-state index < -0.39 is 33.6 Å². The van der Waals surface area contributed by atoms with Gasteiger partial charge in [-0.05, 0) is 67.9 Å². The summed E-state index contributed by atoms with van der Waals surface area (Å²) in [5.74, 6) is -0.315. The van der Waals surface area contributed by atoms with Crippen LogP contribution in [0.2, 0.25) is 0 Å². The number of nitrogens with zero attached hydrogens (tertiary/aromatic N) is 1. The van der Waals surface area contributed by atoms with Crippen LogP contribution in [0.3, 0.4) is 0 Å². The minimum atomic E-state index is -4.62. The summed E-state index contributed by atoms with van der Waals surface area (Å²) in [4.78, 5) is 0. The van der Waals surface area contributed by atoms with Crippen LogP contribution in [0.1, 0.15) is 49.8 Å². The topological polar surface area (TPSA) is 51.1 Å². The summed E-state index contributed by atoms with van der Waals surface area (Å²) in [6.45, 7) is 2.37. The van der Waals surface area contributed by atoms with Crippen LogP contribution in [-0.4, -0.2) is 18.2 Å². The Labute approximate surface area is 189 Å². The number of alkyl halides is 3. The van der Waals surface area contributed by atoms with Crippen molar-refractivity contribution >= 4 is 20.9 Å². The highest BCUT2D eigenvalue weighted by Crippen LogP contribution is 2.41. The van der Waals surface area contributed by atoms with Crippen molar-refractivity contribution < 1.29 is 26.0 Å². The quantitative estimate of drug-likeness (QED) is 0.421. The van der Waals surface area contributed by atoms with Gasteiger partial charge in [0, 0.05) is 35.2 Å². The third-order valence-corrected chi connectivity index (χ3v) is 8.48. The molecule has 1 atom stereocenters. The van der Waals surface area contributed by atoms with Crippen molar-refractivity contribution in [3.63, 3.8) is 0 Å². The maximum absolute atomic E-state index is 15.3. The van der Waals surface area contributed by atoms with Crippen LogP contribution in [0.4, 0.5) is 17.6 Å². The smallest absolute Gasteiger partial charge is 0.347 e. The number of rotatable bonds is 7. The van der Waals surface area contributed by atoms with Crippen LogP contribution < -0.4 is 4.72 Å². The van der Waals surface area contributed by atoms with E-state index in [0.717, 1.165) is 18.9 Å². The second kappa shape index (κ2) is 7.84. The molecule has 33 heavy (non-hydrogen) atoms. The van der Waals surface area contributed by atoms with Gasteiger partial charge in [-0.2, -0.15) is 13.2 Å². The maximum atomic E-state index is 15.3. The molecule has 9 heteroatoms. The van der Waals surface area contributed by atoms with Crippen molar-refractivity contribution in [3.8, 4) is 11.1 Å². The Hall–Kier alpha value is -2.39. The Kier molecular flexibility index (Phi) is 5.32. The second-order valence-electron chi connectivity index (χ2n) is 9.16. The lowest BCUT2D eigenvalue weighted by Gasteiger charge is -2.15. The summed E-state index contributed by atoms with van der Waals surface area (Å²) in [6, 6.07) is 7.06. The SMILES string of the molecule is C[C@@H](NS(=O)(=O)C1CC1)c1cn(CC2CC2)c2cc(-c3ccccc3C(F)(F)F)c(F)cc12. The highest BCUT2D eigenvalue weighted by Gasteiger charge is 2.37. The standard InChI is InChI=1S/C24H24F4N2O2S/c1-14(29-33(31,32)16-8-9-16)20-13-30(12-15-6-7-15)23-11-18(22(25)10-19(20)23)17-4-2-3-5-21(17)24(26,27)28/h2-5,10-11,13-16,29H,6-9,12H2,1H3/t14-/m1/s1. The number of hydrogen-bond donors (Lipinski definition) is 1. The third kappa shape index (κ3) is 4.40. The Morgan fingerprint density at radius 2 is 1.79 bits per heavy atom. The lowest BCUT2D eigenvalue weighted by molar-refractivity contribution is -0.137.